The smallest absolute Gasteiger partial charge is 0.0925 e. The molecule has 2 rings (SSSR count). The Bertz CT molecular complexity index is 495. The van der Waals surface area contributed by atoms with Crippen molar-refractivity contribution in [2.24, 2.45) is 5.73 Å². The maximum atomic E-state index is 5.73. The second kappa shape index (κ2) is 8.15. The highest BCUT2D eigenvalue weighted by molar-refractivity contribution is 7.11. The number of nitrogens with two attached hydrogens (primary N) is 1. The van der Waals surface area contributed by atoms with Crippen molar-refractivity contribution in [2.75, 3.05) is 19.6 Å². The Morgan fingerprint density at radius 3 is 2.65 bits per heavy atom. The van der Waals surface area contributed by atoms with E-state index in [1.54, 1.807) is 0 Å². The first-order chi connectivity index (χ1) is 9.81. The van der Waals surface area contributed by atoms with Crippen molar-refractivity contribution < 1.29 is 0 Å². The predicted octanol–water partition coefficient (Wildman–Crippen LogP) is 2.71. The van der Waals surface area contributed by atoms with Gasteiger partial charge in [0.2, 0.25) is 0 Å². The summed E-state index contributed by atoms with van der Waals surface area (Å²) in [5.74, 6) is 0. The number of thiazole rings is 1. The number of hydrogen-bond acceptors (Lipinski definition) is 4. The summed E-state index contributed by atoms with van der Waals surface area (Å²) in [6.07, 6.45) is 4.10. The van der Waals surface area contributed by atoms with Crippen molar-refractivity contribution in [3.8, 4) is 0 Å². The molecule has 0 fully saturated rings. The van der Waals surface area contributed by atoms with Crippen LogP contribution in [-0.2, 0) is 19.4 Å². The lowest BCUT2D eigenvalue weighted by Gasteiger charge is -2.20. The maximum Gasteiger partial charge on any atom is 0.0925 e. The Labute approximate surface area is 125 Å². The first-order valence-corrected chi connectivity index (χ1v) is 8.03. The highest BCUT2D eigenvalue weighted by Gasteiger charge is 2.08. The normalized spacial score (nSPS) is 11.2. The molecule has 0 spiro atoms. The predicted molar refractivity (Wildman–Crippen MR) is 86.0 cm³/mol. The van der Waals surface area contributed by atoms with Crippen molar-refractivity contribution in [1.29, 1.82) is 0 Å². The fourth-order valence-electron chi connectivity index (χ4n) is 2.19. The van der Waals surface area contributed by atoms with Gasteiger partial charge in [0, 0.05) is 37.3 Å². The molecule has 0 saturated heterocycles. The molecule has 0 unspecified atom stereocenters. The van der Waals surface area contributed by atoms with E-state index in [4.69, 9.17) is 5.73 Å². The standard InChI is InChI=1S/C16H23N3S/c1-2-16-18-12-15(20-16)13-19(11-9-17)10-8-14-6-4-3-5-7-14/h3-7,12H,2,8-11,13,17H2,1H3. The molecule has 0 aliphatic rings. The van der Waals surface area contributed by atoms with E-state index in [1.807, 2.05) is 17.5 Å². The zero-order chi connectivity index (χ0) is 14.2. The molecule has 2 N–H and O–H groups in total. The highest BCUT2D eigenvalue weighted by Crippen LogP contribution is 2.15. The summed E-state index contributed by atoms with van der Waals surface area (Å²) in [7, 11) is 0. The Kier molecular flexibility index (Phi) is 6.18. The molecule has 0 atom stereocenters. The molecule has 1 aromatic heterocycles. The number of aromatic nitrogens is 1. The summed E-state index contributed by atoms with van der Waals surface area (Å²) in [5.41, 5.74) is 7.11. The average Bonchev–Trinajstić information content (AvgIpc) is 2.94. The number of rotatable bonds is 8. The Morgan fingerprint density at radius 2 is 2.00 bits per heavy atom. The van der Waals surface area contributed by atoms with E-state index >= 15 is 0 Å². The van der Waals surface area contributed by atoms with Gasteiger partial charge in [-0.2, -0.15) is 0 Å². The maximum absolute atomic E-state index is 5.73. The zero-order valence-corrected chi connectivity index (χ0v) is 12.9. The van der Waals surface area contributed by atoms with Crippen LogP contribution < -0.4 is 5.73 Å². The van der Waals surface area contributed by atoms with Crippen LogP contribution in [0.2, 0.25) is 0 Å². The lowest BCUT2D eigenvalue weighted by atomic mass is 10.1. The molecule has 0 radical (unpaired) electrons. The largest absolute Gasteiger partial charge is 0.329 e. The minimum atomic E-state index is 0.703. The van der Waals surface area contributed by atoms with Gasteiger partial charge in [-0.15, -0.1) is 11.3 Å². The van der Waals surface area contributed by atoms with Gasteiger partial charge in [-0.05, 0) is 18.4 Å². The molecule has 0 amide bonds. The number of hydrogen-bond donors (Lipinski definition) is 1. The second-order valence-electron chi connectivity index (χ2n) is 4.87. The van der Waals surface area contributed by atoms with E-state index in [2.05, 4.69) is 47.1 Å². The minimum absolute atomic E-state index is 0.703. The Morgan fingerprint density at radius 1 is 1.20 bits per heavy atom. The van der Waals surface area contributed by atoms with Gasteiger partial charge in [0.1, 0.15) is 0 Å². The van der Waals surface area contributed by atoms with Crippen molar-refractivity contribution in [2.45, 2.75) is 26.3 Å². The quantitative estimate of drug-likeness (QED) is 0.812. The van der Waals surface area contributed by atoms with Gasteiger partial charge in [0.05, 0.1) is 5.01 Å². The van der Waals surface area contributed by atoms with Crippen molar-refractivity contribution in [3.05, 3.63) is 52.0 Å². The van der Waals surface area contributed by atoms with Gasteiger partial charge < -0.3 is 5.73 Å². The third kappa shape index (κ3) is 4.71. The summed E-state index contributed by atoms with van der Waals surface area (Å²) in [4.78, 5) is 8.18. The summed E-state index contributed by atoms with van der Waals surface area (Å²) in [6, 6.07) is 10.6. The molecule has 1 aromatic carbocycles. The fourth-order valence-corrected chi connectivity index (χ4v) is 3.09. The molecule has 0 bridgehead atoms. The lowest BCUT2D eigenvalue weighted by Crippen LogP contribution is -2.30. The van der Waals surface area contributed by atoms with Gasteiger partial charge in [0.15, 0.2) is 0 Å². The molecule has 108 valence electrons. The topological polar surface area (TPSA) is 42.2 Å². The number of benzene rings is 1. The molecular weight excluding hydrogens is 266 g/mol. The molecule has 3 nitrogen and oxygen atoms in total. The van der Waals surface area contributed by atoms with Crippen LogP contribution in [-0.4, -0.2) is 29.5 Å². The van der Waals surface area contributed by atoms with E-state index in [-0.39, 0.29) is 0 Å². The number of aryl methyl sites for hydroxylation is 1. The minimum Gasteiger partial charge on any atom is -0.329 e. The Hall–Kier alpha value is -1.23. The van der Waals surface area contributed by atoms with Crippen LogP contribution in [0.4, 0.5) is 0 Å². The zero-order valence-electron chi connectivity index (χ0n) is 12.1. The van der Waals surface area contributed by atoms with Crippen LogP contribution in [0.25, 0.3) is 0 Å². The first kappa shape index (κ1) is 15.2. The van der Waals surface area contributed by atoms with Crippen LogP contribution in [0.1, 0.15) is 22.4 Å². The van der Waals surface area contributed by atoms with Crippen LogP contribution in [0.5, 0.6) is 0 Å². The summed E-state index contributed by atoms with van der Waals surface area (Å²) in [6.45, 7) is 5.79. The fraction of sp³-hybridized carbons (Fsp3) is 0.438. The molecule has 1 heterocycles. The van der Waals surface area contributed by atoms with E-state index < -0.39 is 0 Å². The van der Waals surface area contributed by atoms with Crippen molar-refractivity contribution in [1.82, 2.24) is 9.88 Å². The molecule has 4 heteroatoms. The van der Waals surface area contributed by atoms with Crippen LogP contribution in [0.3, 0.4) is 0 Å². The van der Waals surface area contributed by atoms with E-state index in [0.717, 1.165) is 32.5 Å². The Balaban J connectivity index is 1.89. The van der Waals surface area contributed by atoms with Crippen LogP contribution >= 0.6 is 11.3 Å². The molecule has 2 aromatic rings. The third-order valence-corrected chi connectivity index (χ3v) is 4.41. The third-order valence-electron chi connectivity index (χ3n) is 3.29. The molecule has 0 aliphatic carbocycles. The van der Waals surface area contributed by atoms with Crippen molar-refractivity contribution in [3.63, 3.8) is 0 Å². The van der Waals surface area contributed by atoms with Crippen LogP contribution in [0.15, 0.2) is 36.5 Å². The summed E-state index contributed by atoms with van der Waals surface area (Å²) < 4.78 is 0. The molecule has 0 aliphatic heterocycles. The average molecular weight is 289 g/mol. The van der Waals surface area contributed by atoms with Gasteiger partial charge in [-0.3, -0.25) is 4.90 Å². The van der Waals surface area contributed by atoms with Gasteiger partial charge >= 0.3 is 0 Å². The summed E-state index contributed by atoms with van der Waals surface area (Å²) in [5, 5.41) is 1.22. The summed E-state index contributed by atoms with van der Waals surface area (Å²) >= 11 is 1.82. The second-order valence-corrected chi connectivity index (χ2v) is 6.07. The highest BCUT2D eigenvalue weighted by atomic mass is 32.1. The van der Waals surface area contributed by atoms with E-state index in [9.17, 15) is 0 Å². The van der Waals surface area contributed by atoms with E-state index in [1.165, 1.54) is 15.4 Å². The van der Waals surface area contributed by atoms with Crippen LogP contribution in [0, 0.1) is 0 Å². The van der Waals surface area contributed by atoms with Gasteiger partial charge in [-0.1, -0.05) is 37.3 Å². The monoisotopic (exact) mass is 289 g/mol. The first-order valence-electron chi connectivity index (χ1n) is 7.21. The van der Waals surface area contributed by atoms with E-state index in [0.29, 0.717) is 6.54 Å². The number of nitrogens with zero attached hydrogens (tertiary/aromatic N) is 2. The van der Waals surface area contributed by atoms with Crippen molar-refractivity contribution >= 4 is 11.3 Å². The van der Waals surface area contributed by atoms with Gasteiger partial charge in [0.25, 0.3) is 0 Å². The molecular formula is C16H23N3S. The SMILES string of the molecule is CCc1ncc(CN(CCN)CCc2ccccc2)s1. The molecule has 0 saturated carbocycles. The lowest BCUT2D eigenvalue weighted by molar-refractivity contribution is 0.278. The van der Waals surface area contributed by atoms with Gasteiger partial charge in [-0.25, -0.2) is 4.98 Å². The molecule has 20 heavy (non-hydrogen) atoms.